The summed E-state index contributed by atoms with van der Waals surface area (Å²) in [5.74, 6) is 0.709. The van der Waals surface area contributed by atoms with Gasteiger partial charge < -0.3 is 9.40 Å². The minimum atomic E-state index is 0.432. The average Bonchev–Trinajstić information content (AvgIpc) is 2.70. The van der Waals surface area contributed by atoms with Crippen LogP contribution in [0.15, 0.2) is 34.9 Å². The fourth-order valence-electron chi connectivity index (χ4n) is 1.14. The highest BCUT2D eigenvalue weighted by atomic mass is 32.1. The van der Waals surface area contributed by atoms with E-state index in [1.807, 2.05) is 12.1 Å². The topological polar surface area (TPSA) is 52.7 Å². The molecule has 0 aliphatic heterocycles. The molecule has 68 valence electrons. The zero-order valence-electron chi connectivity index (χ0n) is 7.15. The molecule has 4 heteroatoms. The second-order valence-electron chi connectivity index (χ2n) is 2.70. The number of furan rings is 1. The standard InChI is InChI=1S/C10H6N2OS/c11-6-7-3-4-8(12-10(7)14)9-2-1-5-13-9/h1-5H,(H,12,14). The highest BCUT2D eigenvalue weighted by Crippen LogP contribution is 2.17. The first kappa shape index (κ1) is 8.73. The van der Waals surface area contributed by atoms with Crippen LogP contribution in [0.2, 0.25) is 0 Å². The molecule has 0 radical (unpaired) electrons. The molecule has 0 atom stereocenters. The Morgan fingerprint density at radius 3 is 2.79 bits per heavy atom. The lowest BCUT2D eigenvalue weighted by Crippen LogP contribution is -1.85. The fraction of sp³-hybridized carbons (Fsp3) is 0. The predicted molar refractivity (Wildman–Crippen MR) is 54.0 cm³/mol. The molecular formula is C10H6N2OS. The van der Waals surface area contributed by atoms with Crippen molar-refractivity contribution in [3.63, 3.8) is 0 Å². The quantitative estimate of drug-likeness (QED) is 0.723. The Labute approximate surface area is 85.6 Å². The summed E-state index contributed by atoms with van der Waals surface area (Å²) in [6, 6.07) is 9.07. The summed E-state index contributed by atoms with van der Waals surface area (Å²) >= 11 is 4.99. The molecule has 2 aromatic heterocycles. The number of nitriles is 1. The minimum absolute atomic E-state index is 0.432. The summed E-state index contributed by atoms with van der Waals surface area (Å²) in [7, 11) is 0. The summed E-state index contributed by atoms with van der Waals surface area (Å²) in [5, 5.41) is 8.68. The van der Waals surface area contributed by atoms with Crippen LogP contribution in [0.25, 0.3) is 11.5 Å². The van der Waals surface area contributed by atoms with Crippen LogP contribution in [0.3, 0.4) is 0 Å². The van der Waals surface area contributed by atoms with Gasteiger partial charge in [-0.15, -0.1) is 0 Å². The predicted octanol–water partition coefficient (Wildman–Crippen LogP) is 2.88. The monoisotopic (exact) mass is 202 g/mol. The molecule has 0 aliphatic rings. The van der Waals surface area contributed by atoms with Crippen molar-refractivity contribution in [1.82, 2.24) is 4.98 Å². The first-order chi connectivity index (χ1) is 6.81. The van der Waals surface area contributed by atoms with Gasteiger partial charge in [0.15, 0.2) is 0 Å². The molecule has 0 aromatic carbocycles. The molecule has 0 saturated carbocycles. The Balaban J connectivity index is 2.55. The van der Waals surface area contributed by atoms with Crippen LogP contribution in [0.4, 0.5) is 0 Å². The van der Waals surface area contributed by atoms with Crippen molar-refractivity contribution >= 4 is 12.2 Å². The molecular weight excluding hydrogens is 196 g/mol. The molecule has 2 heterocycles. The summed E-state index contributed by atoms with van der Waals surface area (Å²) in [5.41, 5.74) is 1.24. The lowest BCUT2D eigenvalue weighted by molar-refractivity contribution is 0.580. The Hall–Kier alpha value is -1.86. The third-order valence-electron chi connectivity index (χ3n) is 1.82. The second-order valence-corrected chi connectivity index (χ2v) is 3.11. The summed E-state index contributed by atoms with van der Waals surface area (Å²) in [6.07, 6.45) is 1.59. The largest absolute Gasteiger partial charge is 0.463 e. The summed E-state index contributed by atoms with van der Waals surface area (Å²) in [6.45, 7) is 0. The number of hydrogen-bond acceptors (Lipinski definition) is 3. The third kappa shape index (κ3) is 1.45. The summed E-state index contributed by atoms with van der Waals surface area (Å²) in [4.78, 5) is 2.93. The number of H-pyrrole nitrogens is 1. The second kappa shape index (κ2) is 3.48. The maximum atomic E-state index is 8.68. The molecule has 0 saturated heterocycles. The van der Waals surface area contributed by atoms with Crippen LogP contribution < -0.4 is 0 Å². The van der Waals surface area contributed by atoms with Gasteiger partial charge in [-0.25, -0.2) is 0 Å². The van der Waals surface area contributed by atoms with Crippen LogP contribution in [-0.2, 0) is 0 Å². The van der Waals surface area contributed by atoms with Crippen molar-refractivity contribution < 1.29 is 4.42 Å². The Morgan fingerprint density at radius 2 is 2.21 bits per heavy atom. The van der Waals surface area contributed by atoms with Gasteiger partial charge in [-0.3, -0.25) is 0 Å². The lowest BCUT2D eigenvalue weighted by atomic mass is 10.2. The molecule has 0 aliphatic carbocycles. The molecule has 0 amide bonds. The maximum absolute atomic E-state index is 8.68. The molecule has 14 heavy (non-hydrogen) atoms. The van der Waals surface area contributed by atoms with Crippen molar-refractivity contribution in [2.45, 2.75) is 0 Å². The molecule has 0 unspecified atom stereocenters. The maximum Gasteiger partial charge on any atom is 0.150 e. The van der Waals surface area contributed by atoms with Gasteiger partial charge in [-0.05, 0) is 24.3 Å². The van der Waals surface area contributed by atoms with Crippen LogP contribution >= 0.6 is 12.2 Å². The van der Waals surface area contributed by atoms with Crippen molar-refractivity contribution in [2.24, 2.45) is 0 Å². The first-order valence-corrected chi connectivity index (χ1v) is 4.39. The number of nitrogens with zero attached hydrogens (tertiary/aromatic N) is 1. The molecule has 0 bridgehead atoms. The molecule has 0 spiro atoms. The van der Waals surface area contributed by atoms with Gasteiger partial charge in [0.05, 0.1) is 17.5 Å². The highest BCUT2D eigenvalue weighted by Gasteiger charge is 2.01. The van der Waals surface area contributed by atoms with E-state index in [0.717, 1.165) is 5.69 Å². The molecule has 1 N–H and O–H groups in total. The van der Waals surface area contributed by atoms with E-state index >= 15 is 0 Å². The molecule has 2 rings (SSSR count). The normalized spacial score (nSPS) is 9.64. The van der Waals surface area contributed by atoms with E-state index in [1.165, 1.54) is 0 Å². The number of hydrogen-bond donors (Lipinski definition) is 1. The summed E-state index contributed by atoms with van der Waals surface area (Å²) < 4.78 is 5.62. The zero-order chi connectivity index (χ0) is 9.97. The third-order valence-corrected chi connectivity index (χ3v) is 2.14. The van der Waals surface area contributed by atoms with Crippen LogP contribution in [-0.4, -0.2) is 4.98 Å². The Morgan fingerprint density at radius 1 is 1.36 bits per heavy atom. The van der Waals surface area contributed by atoms with Crippen molar-refractivity contribution in [3.8, 4) is 17.5 Å². The van der Waals surface area contributed by atoms with Gasteiger partial charge in [0.2, 0.25) is 0 Å². The molecule has 0 fully saturated rings. The van der Waals surface area contributed by atoms with Crippen LogP contribution in [0.1, 0.15) is 5.56 Å². The van der Waals surface area contributed by atoms with E-state index in [4.69, 9.17) is 21.9 Å². The zero-order valence-corrected chi connectivity index (χ0v) is 7.97. The minimum Gasteiger partial charge on any atom is -0.463 e. The van der Waals surface area contributed by atoms with E-state index in [1.54, 1.807) is 24.5 Å². The van der Waals surface area contributed by atoms with E-state index in [9.17, 15) is 0 Å². The van der Waals surface area contributed by atoms with Gasteiger partial charge in [0.1, 0.15) is 16.5 Å². The lowest BCUT2D eigenvalue weighted by Gasteiger charge is -1.97. The van der Waals surface area contributed by atoms with E-state index < -0.39 is 0 Å². The first-order valence-electron chi connectivity index (χ1n) is 3.98. The van der Waals surface area contributed by atoms with Gasteiger partial charge >= 0.3 is 0 Å². The van der Waals surface area contributed by atoms with Gasteiger partial charge in [0, 0.05) is 0 Å². The van der Waals surface area contributed by atoms with Crippen LogP contribution in [0, 0.1) is 16.0 Å². The van der Waals surface area contributed by atoms with Gasteiger partial charge in [-0.1, -0.05) is 12.2 Å². The van der Waals surface area contributed by atoms with Gasteiger partial charge in [-0.2, -0.15) is 5.26 Å². The Kier molecular flexibility index (Phi) is 2.17. The van der Waals surface area contributed by atoms with Crippen molar-refractivity contribution in [3.05, 3.63) is 40.7 Å². The average molecular weight is 202 g/mol. The van der Waals surface area contributed by atoms with E-state index in [-0.39, 0.29) is 0 Å². The SMILES string of the molecule is N#Cc1ccc(-c2ccco2)[nH]c1=S. The Bertz CT molecular complexity index is 534. The fourth-order valence-corrected chi connectivity index (χ4v) is 1.36. The van der Waals surface area contributed by atoms with Gasteiger partial charge in [0.25, 0.3) is 0 Å². The smallest absolute Gasteiger partial charge is 0.150 e. The highest BCUT2D eigenvalue weighted by molar-refractivity contribution is 7.71. The number of pyridine rings is 1. The van der Waals surface area contributed by atoms with Crippen LogP contribution in [0.5, 0.6) is 0 Å². The van der Waals surface area contributed by atoms with E-state index in [0.29, 0.717) is 16.0 Å². The number of aromatic nitrogens is 1. The number of nitrogens with one attached hydrogen (secondary N) is 1. The number of aromatic amines is 1. The van der Waals surface area contributed by atoms with Crippen molar-refractivity contribution in [1.29, 1.82) is 5.26 Å². The van der Waals surface area contributed by atoms with E-state index in [2.05, 4.69) is 4.98 Å². The van der Waals surface area contributed by atoms with Crippen molar-refractivity contribution in [2.75, 3.05) is 0 Å². The molecule has 2 aromatic rings. The molecule has 3 nitrogen and oxygen atoms in total. The number of rotatable bonds is 1.